The van der Waals surface area contributed by atoms with E-state index >= 15 is 0 Å². The first-order chi connectivity index (χ1) is 10.4. The summed E-state index contributed by atoms with van der Waals surface area (Å²) in [6.07, 6.45) is 0. The number of likely N-dealkylation sites (N-methyl/N-ethyl adjacent to an activating group) is 1. The maximum atomic E-state index is 12.4. The zero-order chi connectivity index (χ0) is 17.2. The summed E-state index contributed by atoms with van der Waals surface area (Å²) >= 11 is 0. The van der Waals surface area contributed by atoms with Gasteiger partial charge in [-0.05, 0) is 59.1 Å². The summed E-state index contributed by atoms with van der Waals surface area (Å²) in [7, 11) is 1.31. The maximum Gasteiger partial charge on any atom is 0.494 e. The third-order valence-corrected chi connectivity index (χ3v) is 5.05. The molecule has 0 unspecified atom stereocenters. The molecular weight excluding hydrogens is 293 g/mol. The number of hydrogen-bond donors (Lipinski definition) is 0. The lowest BCUT2D eigenvalue weighted by Crippen LogP contribution is -2.51. The molecule has 0 radical (unpaired) electrons. The van der Waals surface area contributed by atoms with Crippen molar-refractivity contribution in [2.75, 3.05) is 11.9 Å². The Bertz CT molecular complexity index is 653. The Morgan fingerprint density at radius 1 is 1.00 bits per heavy atom. The van der Waals surface area contributed by atoms with Gasteiger partial charge in [0.05, 0.1) is 16.9 Å². The average Bonchev–Trinajstić information content (AvgIpc) is 2.64. The SMILES string of the molecule is CN1C(=O)C(C)(C)Oc2ccc(B3OC(C)(C)C(C)(C)O3)cc21. The van der Waals surface area contributed by atoms with E-state index in [1.807, 2.05) is 45.9 Å². The van der Waals surface area contributed by atoms with Gasteiger partial charge in [0.2, 0.25) is 0 Å². The van der Waals surface area contributed by atoms with Crippen LogP contribution in [0.2, 0.25) is 0 Å². The number of amides is 1. The van der Waals surface area contributed by atoms with Gasteiger partial charge in [-0.3, -0.25) is 4.79 Å². The number of benzene rings is 1. The number of ether oxygens (including phenoxy) is 1. The molecule has 1 saturated heterocycles. The average molecular weight is 317 g/mol. The van der Waals surface area contributed by atoms with Crippen molar-refractivity contribution in [3.05, 3.63) is 18.2 Å². The highest BCUT2D eigenvalue weighted by molar-refractivity contribution is 6.62. The molecule has 3 rings (SSSR count). The largest absolute Gasteiger partial charge is 0.494 e. The highest BCUT2D eigenvalue weighted by Crippen LogP contribution is 2.39. The molecule has 2 aliphatic heterocycles. The fourth-order valence-corrected chi connectivity index (χ4v) is 2.84. The van der Waals surface area contributed by atoms with Crippen LogP contribution >= 0.6 is 0 Å². The van der Waals surface area contributed by atoms with Crippen LogP contribution in [0.3, 0.4) is 0 Å². The molecule has 0 aromatic heterocycles. The van der Waals surface area contributed by atoms with Gasteiger partial charge < -0.3 is 18.9 Å². The second-order valence-corrected chi connectivity index (χ2v) is 7.79. The lowest BCUT2D eigenvalue weighted by molar-refractivity contribution is -0.132. The first kappa shape index (κ1) is 16.3. The van der Waals surface area contributed by atoms with Crippen molar-refractivity contribution in [3.8, 4) is 5.75 Å². The van der Waals surface area contributed by atoms with Crippen LogP contribution in [0.25, 0.3) is 0 Å². The number of fused-ring (bicyclic) bond motifs is 1. The van der Waals surface area contributed by atoms with Crippen LogP contribution < -0.4 is 15.1 Å². The highest BCUT2D eigenvalue weighted by atomic mass is 16.7. The molecule has 23 heavy (non-hydrogen) atoms. The van der Waals surface area contributed by atoms with Crippen LogP contribution in [0.1, 0.15) is 41.5 Å². The topological polar surface area (TPSA) is 48.0 Å². The molecule has 2 aliphatic rings. The Morgan fingerprint density at radius 3 is 2.13 bits per heavy atom. The number of carbonyl (C=O) groups excluding carboxylic acids is 1. The van der Waals surface area contributed by atoms with Crippen LogP contribution in [0.15, 0.2) is 18.2 Å². The Balaban J connectivity index is 1.96. The molecule has 0 N–H and O–H groups in total. The molecule has 0 spiro atoms. The van der Waals surface area contributed by atoms with Gasteiger partial charge in [0.25, 0.3) is 5.91 Å². The first-order valence-electron chi connectivity index (χ1n) is 7.91. The Morgan fingerprint density at radius 2 is 1.57 bits per heavy atom. The summed E-state index contributed by atoms with van der Waals surface area (Å²) in [5, 5.41) is 0. The highest BCUT2D eigenvalue weighted by Gasteiger charge is 2.52. The molecule has 1 amide bonds. The van der Waals surface area contributed by atoms with Crippen LogP contribution in [0.5, 0.6) is 5.75 Å². The zero-order valence-electron chi connectivity index (χ0n) is 14.9. The van der Waals surface area contributed by atoms with Crippen molar-refractivity contribution >= 4 is 24.2 Å². The van der Waals surface area contributed by atoms with Crippen molar-refractivity contribution < 1.29 is 18.8 Å². The van der Waals surface area contributed by atoms with Crippen LogP contribution in [0.4, 0.5) is 5.69 Å². The van der Waals surface area contributed by atoms with Gasteiger partial charge in [-0.15, -0.1) is 0 Å². The standard InChI is InChI=1S/C17H24BNO4/c1-15(2)14(20)19(7)12-10-11(8-9-13(12)21-15)18-22-16(3,4)17(5,6)23-18/h8-10H,1-7H3. The number of rotatable bonds is 1. The van der Waals surface area contributed by atoms with E-state index in [1.165, 1.54) is 0 Å². The normalized spacial score (nSPS) is 24.4. The summed E-state index contributed by atoms with van der Waals surface area (Å²) in [6, 6.07) is 5.71. The van der Waals surface area contributed by atoms with E-state index in [1.54, 1.807) is 25.8 Å². The van der Waals surface area contributed by atoms with Crippen LogP contribution in [-0.4, -0.2) is 36.9 Å². The maximum absolute atomic E-state index is 12.4. The van der Waals surface area contributed by atoms with Crippen molar-refractivity contribution in [3.63, 3.8) is 0 Å². The van der Waals surface area contributed by atoms with Gasteiger partial charge in [0.1, 0.15) is 5.75 Å². The zero-order valence-corrected chi connectivity index (χ0v) is 14.9. The lowest BCUT2D eigenvalue weighted by atomic mass is 9.78. The summed E-state index contributed by atoms with van der Waals surface area (Å²) in [4.78, 5) is 14.0. The van der Waals surface area contributed by atoms with Gasteiger partial charge in [0, 0.05) is 7.05 Å². The van der Waals surface area contributed by atoms with Gasteiger partial charge >= 0.3 is 7.12 Å². The molecule has 2 heterocycles. The molecular formula is C17H24BNO4. The van der Waals surface area contributed by atoms with Gasteiger partial charge in [0.15, 0.2) is 5.60 Å². The van der Waals surface area contributed by atoms with E-state index in [-0.39, 0.29) is 5.91 Å². The van der Waals surface area contributed by atoms with Crippen molar-refractivity contribution in [2.24, 2.45) is 0 Å². The molecule has 124 valence electrons. The minimum atomic E-state index is -0.854. The van der Waals surface area contributed by atoms with E-state index in [0.29, 0.717) is 5.75 Å². The molecule has 1 aromatic carbocycles. The molecule has 6 heteroatoms. The molecule has 0 aliphatic carbocycles. The molecule has 5 nitrogen and oxygen atoms in total. The fourth-order valence-electron chi connectivity index (χ4n) is 2.84. The minimum absolute atomic E-state index is 0.0731. The van der Waals surface area contributed by atoms with Crippen LogP contribution in [0, 0.1) is 0 Å². The van der Waals surface area contributed by atoms with Gasteiger partial charge in [-0.1, -0.05) is 6.07 Å². The van der Waals surface area contributed by atoms with Crippen LogP contribution in [-0.2, 0) is 14.1 Å². The van der Waals surface area contributed by atoms with Gasteiger partial charge in [-0.2, -0.15) is 0 Å². The molecule has 1 aromatic rings. The summed E-state index contributed by atoms with van der Waals surface area (Å²) in [5.41, 5.74) is -0.0262. The second-order valence-electron chi connectivity index (χ2n) is 7.79. The fraction of sp³-hybridized carbons (Fsp3) is 0.588. The summed E-state index contributed by atoms with van der Waals surface area (Å²) in [5.74, 6) is 0.619. The van der Waals surface area contributed by atoms with Crippen molar-refractivity contribution in [2.45, 2.75) is 58.3 Å². The van der Waals surface area contributed by atoms with E-state index in [2.05, 4.69) is 0 Å². The smallest absolute Gasteiger partial charge is 0.476 e. The van der Waals surface area contributed by atoms with Crippen molar-refractivity contribution in [1.82, 2.24) is 0 Å². The van der Waals surface area contributed by atoms with E-state index in [0.717, 1.165) is 11.2 Å². The lowest BCUT2D eigenvalue weighted by Gasteiger charge is -2.37. The minimum Gasteiger partial charge on any atom is -0.476 e. The summed E-state index contributed by atoms with van der Waals surface area (Å²) < 4.78 is 18.0. The van der Waals surface area contributed by atoms with E-state index in [9.17, 15) is 4.79 Å². The first-order valence-corrected chi connectivity index (χ1v) is 7.91. The van der Waals surface area contributed by atoms with Crippen molar-refractivity contribution in [1.29, 1.82) is 0 Å². The molecule has 0 saturated carbocycles. The Hall–Kier alpha value is -1.53. The molecule has 0 bridgehead atoms. The summed E-state index contributed by atoms with van der Waals surface area (Å²) in [6.45, 7) is 11.6. The molecule has 0 atom stereocenters. The number of carbonyl (C=O) groups is 1. The van der Waals surface area contributed by atoms with Gasteiger partial charge in [-0.25, -0.2) is 0 Å². The third-order valence-electron chi connectivity index (χ3n) is 5.05. The Labute approximate surface area is 138 Å². The molecule has 1 fully saturated rings. The van der Waals surface area contributed by atoms with E-state index < -0.39 is 23.9 Å². The Kier molecular flexibility index (Phi) is 3.37. The number of hydrogen-bond acceptors (Lipinski definition) is 4. The third kappa shape index (κ3) is 2.44. The number of anilines is 1. The van der Waals surface area contributed by atoms with E-state index in [4.69, 9.17) is 14.0 Å². The number of nitrogens with zero attached hydrogens (tertiary/aromatic N) is 1. The predicted molar refractivity (Wildman–Crippen MR) is 90.3 cm³/mol. The second kappa shape index (κ2) is 4.74. The predicted octanol–water partition coefficient (Wildman–Crippen LogP) is 2.12. The monoisotopic (exact) mass is 317 g/mol. The quantitative estimate of drug-likeness (QED) is 0.745.